The molecule has 3 aromatic rings. The number of hydrogen-bond donors (Lipinski definition) is 1. The molecule has 7 heteroatoms. The van der Waals surface area contributed by atoms with E-state index in [2.05, 4.69) is 26.0 Å². The molecule has 0 saturated heterocycles. The molecule has 5 rings (SSSR count). The number of carbonyl (C=O) groups excluding carboxylic acids is 1. The van der Waals surface area contributed by atoms with Crippen molar-refractivity contribution in [1.82, 2.24) is 0 Å². The third-order valence-corrected chi connectivity index (χ3v) is 8.27. The van der Waals surface area contributed by atoms with Crippen LogP contribution in [0.5, 0.6) is 11.5 Å². The van der Waals surface area contributed by atoms with Gasteiger partial charge in [-0.25, -0.2) is 0 Å². The summed E-state index contributed by atoms with van der Waals surface area (Å²) in [5.74, 6) is 0.785. The van der Waals surface area contributed by atoms with Crippen molar-refractivity contribution in [3.63, 3.8) is 0 Å². The molecule has 0 radical (unpaired) electrons. The standard InChI is InChI=1S/C34H36ClNO5/c1-22(2)9-8-19-33(3)20-18-23-12-17-28-29(30(23)41-33)34(38,25-13-15-26(39-4)16-14-25)31(40-5)32(37)36(28)21-24-10-6-7-11-27(24)35/h6-7,9-18,20,31,38H,8,19,21H2,1-5H3/t31-,33-,34+/m1/s1. The summed E-state index contributed by atoms with van der Waals surface area (Å²) < 4.78 is 18.0. The fourth-order valence-corrected chi connectivity index (χ4v) is 5.88. The van der Waals surface area contributed by atoms with Crippen LogP contribution in [0.1, 0.15) is 55.9 Å². The van der Waals surface area contributed by atoms with E-state index in [-0.39, 0.29) is 12.5 Å². The fourth-order valence-electron chi connectivity index (χ4n) is 5.68. The Labute approximate surface area is 246 Å². The molecule has 1 amide bonds. The minimum atomic E-state index is -1.85. The predicted molar refractivity (Wildman–Crippen MR) is 163 cm³/mol. The Kier molecular flexibility index (Phi) is 8.02. The number of anilines is 1. The fraction of sp³-hybridized carbons (Fsp3) is 0.324. The maximum absolute atomic E-state index is 14.2. The molecular weight excluding hydrogens is 538 g/mol. The number of methoxy groups -OCH3 is 2. The lowest BCUT2D eigenvalue weighted by molar-refractivity contribution is -0.146. The minimum Gasteiger partial charge on any atom is -0.497 e. The van der Waals surface area contributed by atoms with Gasteiger partial charge in [0.05, 0.1) is 24.9 Å². The van der Waals surface area contributed by atoms with E-state index >= 15 is 0 Å². The van der Waals surface area contributed by atoms with E-state index in [4.69, 9.17) is 25.8 Å². The van der Waals surface area contributed by atoms with Crippen LogP contribution in [-0.2, 0) is 21.7 Å². The Morgan fingerprint density at radius 2 is 1.83 bits per heavy atom. The molecule has 41 heavy (non-hydrogen) atoms. The number of carbonyl (C=O) groups is 1. The van der Waals surface area contributed by atoms with Crippen LogP contribution in [0.15, 0.2) is 78.4 Å². The van der Waals surface area contributed by atoms with Gasteiger partial charge in [0, 0.05) is 17.7 Å². The van der Waals surface area contributed by atoms with Gasteiger partial charge in [-0.3, -0.25) is 4.79 Å². The van der Waals surface area contributed by atoms with Gasteiger partial charge >= 0.3 is 0 Å². The van der Waals surface area contributed by atoms with Crippen molar-refractivity contribution in [3.05, 3.63) is 106 Å². The largest absolute Gasteiger partial charge is 0.497 e. The summed E-state index contributed by atoms with van der Waals surface area (Å²) >= 11 is 6.52. The number of amides is 1. The van der Waals surface area contributed by atoms with Crippen LogP contribution in [0.25, 0.3) is 6.08 Å². The average Bonchev–Trinajstić information content (AvgIpc) is 2.95. The number of fused-ring (bicyclic) bond motifs is 3. The maximum Gasteiger partial charge on any atom is 0.260 e. The van der Waals surface area contributed by atoms with Crippen molar-refractivity contribution in [2.45, 2.75) is 57.5 Å². The van der Waals surface area contributed by atoms with Gasteiger partial charge < -0.3 is 24.2 Å². The number of aliphatic hydroxyl groups is 1. The number of nitrogens with zero attached hydrogens (tertiary/aromatic N) is 1. The molecule has 1 N–H and O–H groups in total. The molecule has 2 aliphatic rings. The number of ether oxygens (including phenoxy) is 3. The van der Waals surface area contributed by atoms with Crippen molar-refractivity contribution in [2.75, 3.05) is 19.1 Å². The lowest BCUT2D eigenvalue weighted by atomic mass is 9.75. The molecule has 0 unspecified atom stereocenters. The molecule has 0 bridgehead atoms. The smallest absolute Gasteiger partial charge is 0.260 e. The minimum absolute atomic E-state index is 0.205. The van der Waals surface area contributed by atoms with Crippen molar-refractivity contribution < 1.29 is 24.1 Å². The van der Waals surface area contributed by atoms with Crippen LogP contribution in [0.4, 0.5) is 5.69 Å². The SMILES string of the molecule is COc1ccc([C@]2(O)c3c(ccc4c3O[C@](C)(CCC=C(C)C)C=C4)N(Cc3ccccc3Cl)C(=O)[C@H]2OC)cc1. The lowest BCUT2D eigenvalue weighted by Gasteiger charge is -2.46. The zero-order valence-corrected chi connectivity index (χ0v) is 24.9. The van der Waals surface area contributed by atoms with Crippen LogP contribution in [0.2, 0.25) is 5.02 Å². The molecular formula is C34H36ClNO5. The summed E-state index contributed by atoms with van der Waals surface area (Å²) in [5, 5.41) is 13.3. The molecule has 0 spiro atoms. The molecule has 2 heterocycles. The van der Waals surface area contributed by atoms with Gasteiger partial charge in [-0.1, -0.05) is 59.7 Å². The van der Waals surface area contributed by atoms with Crippen molar-refractivity contribution >= 4 is 29.3 Å². The van der Waals surface area contributed by atoms with Crippen molar-refractivity contribution in [3.8, 4) is 11.5 Å². The Morgan fingerprint density at radius 3 is 2.49 bits per heavy atom. The zero-order chi connectivity index (χ0) is 29.4. The molecule has 0 aliphatic carbocycles. The van der Waals surface area contributed by atoms with Gasteiger partial charge in [-0.15, -0.1) is 0 Å². The van der Waals surface area contributed by atoms with Crippen molar-refractivity contribution in [2.24, 2.45) is 0 Å². The van der Waals surface area contributed by atoms with Crippen LogP contribution in [-0.4, -0.2) is 36.9 Å². The van der Waals surface area contributed by atoms with Gasteiger partial charge in [0.25, 0.3) is 5.91 Å². The maximum atomic E-state index is 14.2. The second-order valence-electron chi connectivity index (χ2n) is 11.1. The first-order chi connectivity index (χ1) is 19.6. The molecule has 2 aliphatic heterocycles. The summed E-state index contributed by atoms with van der Waals surface area (Å²) in [5.41, 5.74) is 1.90. The van der Waals surface area contributed by atoms with Crippen LogP contribution in [0.3, 0.4) is 0 Å². The molecule has 0 saturated carbocycles. The second kappa shape index (κ2) is 11.4. The van der Waals surface area contributed by atoms with Gasteiger partial charge in [0.15, 0.2) is 11.7 Å². The highest BCUT2D eigenvalue weighted by Crippen LogP contribution is 2.52. The second-order valence-corrected chi connectivity index (χ2v) is 11.5. The van der Waals surface area contributed by atoms with E-state index in [0.717, 1.165) is 24.0 Å². The number of halogens is 1. The third kappa shape index (κ3) is 5.28. The van der Waals surface area contributed by atoms with E-state index < -0.39 is 17.3 Å². The number of hydrogen-bond acceptors (Lipinski definition) is 5. The van der Waals surface area contributed by atoms with E-state index in [1.54, 1.807) is 42.3 Å². The number of benzene rings is 3. The van der Waals surface area contributed by atoms with Crippen LogP contribution < -0.4 is 14.4 Å². The van der Waals surface area contributed by atoms with Crippen LogP contribution in [0, 0.1) is 0 Å². The Hall–Kier alpha value is -3.58. The third-order valence-electron chi connectivity index (χ3n) is 7.90. The van der Waals surface area contributed by atoms with Gasteiger partial charge in [-0.05, 0) is 81.1 Å². The monoisotopic (exact) mass is 573 g/mol. The first-order valence-electron chi connectivity index (χ1n) is 13.7. The summed E-state index contributed by atoms with van der Waals surface area (Å²) in [6.07, 6.45) is 6.63. The van der Waals surface area contributed by atoms with Gasteiger partial charge in [0.1, 0.15) is 17.1 Å². The average molecular weight is 574 g/mol. The summed E-state index contributed by atoms with van der Waals surface area (Å²) in [4.78, 5) is 15.8. The molecule has 214 valence electrons. The topological polar surface area (TPSA) is 68.2 Å². The van der Waals surface area contributed by atoms with E-state index in [1.807, 2.05) is 43.3 Å². The first kappa shape index (κ1) is 28.9. The normalized spacial score (nSPS) is 23.0. The van der Waals surface area contributed by atoms with E-state index in [0.29, 0.717) is 33.3 Å². The highest BCUT2D eigenvalue weighted by Gasteiger charge is 2.55. The number of allylic oxidation sites excluding steroid dienone is 2. The molecule has 0 aromatic heterocycles. The van der Waals surface area contributed by atoms with Gasteiger partial charge in [-0.2, -0.15) is 0 Å². The molecule has 3 atom stereocenters. The lowest BCUT2D eigenvalue weighted by Crippen LogP contribution is -2.57. The molecule has 6 nitrogen and oxygen atoms in total. The zero-order valence-electron chi connectivity index (χ0n) is 24.1. The Morgan fingerprint density at radius 1 is 1.10 bits per heavy atom. The van der Waals surface area contributed by atoms with E-state index in [9.17, 15) is 9.90 Å². The number of rotatable bonds is 8. The highest BCUT2D eigenvalue weighted by atomic mass is 35.5. The van der Waals surface area contributed by atoms with Crippen molar-refractivity contribution in [1.29, 1.82) is 0 Å². The van der Waals surface area contributed by atoms with E-state index in [1.165, 1.54) is 12.7 Å². The van der Waals surface area contributed by atoms with Crippen LogP contribution >= 0.6 is 11.6 Å². The van der Waals surface area contributed by atoms with Gasteiger partial charge in [0.2, 0.25) is 0 Å². The molecule has 0 fully saturated rings. The molecule has 3 aromatic carbocycles. The summed E-state index contributed by atoms with van der Waals surface area (Å²) in [6, 6.07) is 18.3. The first-order valence-corrected chi connectivity index (χ1v) is 14.1. The Balaban J connectivity index is 1.72. The summed E-state index contributed by atoms with van der Waals surface area (Å²) in [6.45, 7) is 6.41. The Bertz CT molecular complexity index is 1510. The highest BCUT2D eigenvalue weighted by molar-refractivity contribution is 6.31. The quantitative estimate of drug-likeness (QED) is 0.292. The predicted octanol–water partition coefficient (Wildman–Crippen LogP) is 7.06. The summed E-state index contributed by atoms with van der Waals surface area (Å²) in [7, 11) is 3.02.